The summed E-state index contributed by atoms with van der Waals surface area (Å²) in [4.78, 5) is 8.26. The summed E-state index contributed by atoms with van der Waals surface area (Å²) in [6.45, 7) is 1.81. The quantitative estimate of drug-likeness (QED) is 0.809. The summed E-state index contributed by atoms with van der Waals surface area (Å²) >= 11 is 6.25. The van der Waals surface area contributed by atoms with Crippen LogP contribution in [0, 0.1) is 18.8 Å². The minimum absolute atomic E-state index is 0.0115. The van der Waals surface area contributed by atoms with Crippen molar-refractivity contribution in [2.24, 2.45) is 11.8 Å². The molecule has 3 N–H and O–H groups in total. The molecule has 8 heteroatoms. The second-order valence-corrected chi connectivity index (χ2v) is 9.80. The van der Waals surface area contributed by atoms with E-state index in [1.54, 1.807) is 24.4 Å². The Morgan fingerprint density at radius 3 is 2.56 bits per heavy atom. The van der Waals surface area contributed by atoms with Gasteiger partial charge in [0.15, 0.2) is 0 Å². The monoisotopic (exact) mass is 406 g/mol. The normalized spacial score (nSPS) is 24.9. The maximum Gasteiger partial charge on any atom is 0.242 e. The average Bonchev–Trinajstić information content (AvgIpc) is 2.94. The summed E-state index contributed by atoms with van der Waals surface area (Å²) in [5, 5.41) is 0.207. The summed E-state index contributed by atoms with van der Waals surface area (Å²) in [6, 6.07) is 4.95. The number of sulfonamides is 1. The lowest BCUT2D eigenvalue weighted by atomic mass is 9.86. The van der Waals surface area contributed by atoms with Crippen LogP contribution in [-0.2, 0) is 10.0 Å². The zero-order valence-corrected chi connectivity index (χ0v) is 16.7. The molecule has 2 fully saturated rings. The molecule has 0 saturated heterocycles. The highest BCUT2D eigenvalue weighted by molar-refractivity contribution is 7.89. The SMILES string of the molecule is Cc1nc(N)ncc1-c1ccc(Cl)c(S(=O)(=O)NC2CC3CCC(C3)C2)c1. The van der Waals surface area contributed by atoms with E-state index < -0.39 is 10.0 Å². The van der Waals surface area contributed by atoms with Crippen molar-refractivity contribution in [1.29, 1.82) is 0 Å². The number of anilines is 1. The number of nitrogens with one attached hydrogen (secondary N) is 1. The highest BCUT2D eigenvalue weighted by Gasteiger charge is 2.36. The van der Waals surface area contributed by atoms with Crippen molar-refractivity contribution >= 4 is 27.6 Å². The Morgan fingerprint density at radius 1 is 1.19 bits per heavy atom. The predicted octanol–water partition coefficient (Wildman–Crippen LogP) is 3.54. The molecule has 6 nitrogen and oxygen atoms in total. The minimum Gasteiger partial charge on any atom is -0.368 e. The van der Waals surface area contributed by atoms with Gasteiger partial charge in [0.1, 0.15) is 4.90 Å². The van der Waals surface area contributed by atoms with Gasteiger partial charge in [0.2, 0.25) is 16.0 Å². The first kappa shape index (κ1) is 18.7. The Balaban J connectivity index is 1.64. The Bertz CT molecular complexity index is 968. The molecular formula is C19H23ClN4O2S. The highest BCUT2D eigenvalue weighted by Crippen LogP contribution is 2.42. The Hall–Kier alpha value is -1.70. The highest BCUT2D eigenvalue weighted by atomic mass is 35.5. The van der Waals surface area contributed by atoms with Crippen LogP contribution in [-0.4, -0.2) is 24.4 Å². The summed E-state index contributed by atoms with van der Waals surface area (Å²) in [5.41, 5.74) is 7.72. The maximum absolute atomic E-state index is 13.0. The van der Waals surface area contributed by atoms with E-state index in [-0.39, 0.29) is 21.9 Å². The fraction of sp³-hybridized carbons (Fsp3) is 0.474. The Labute approximate surface area is 164 Å². The number of rotatable bonds is 4. The van der Waals surface area contributed by atoms with Crippen molar-refractivity contribution in [3.8, 4) is 11.1 Å². The fourth-order valence-corrected chi connectivity index (χ4v) is 6.32. The number of nitrogens with zero attached hydrogens (tertiary/aromatic N) is 2. The molecule has 1 aromatic carbocycles. The number of halogens is 1. The number of aryl methyl sites for hydroxylation is 1. The van der Waals surface area contributed by atoms with Crippen LogP contribution in [0.2, 0.25) is 5.02 Å². The van der Waals surface area contributed by atoms with Crippen molar-refractivity contribution in [1.82, 2.24) is 14.7 Å². The summed E-state index contributed by atoms with van der Waals surface area (Å²) in [7, 11) is -3.71. The number of nitrogens with two attached hydrogens (primary N) is 1. The van der Waals surface area contributed by atoms with Crippen LogP contribution >= 0.6 is 11.6 Å². The molecule has 0 spiro atoms. The summed E-state index contributed by atoms with van der Waals surface area (Å²) in [6.07, 6.45) is 7.11. The van der Waals surface area contributed by atoms with E-state index in [4.69, 9.17) is 17.3 Å². The van der Waals surface area contributed by atoms with Crippen molar-refractivity contribution in [2.45, 2.75) is 50.0 Å². The first-order valence-corrected chi connectivity index (χ1v) is 11.1. The number of aromatic nitrogens is 2. The first-order valence-electron chi connectivity index (χ1n) is 9.23. The van der Waals surface area contributed by atoms with Crippen LogP contribution in [0.1, 0.15) is 37.8 Å². The standard InChI is InChI=1S/C19H23ClN4O2S/c1-11-16(10-22-19(21)23-11)14-4-5-17(20)18(9-14)27(25,26)24-15-7-12-2-3-13(6-12)8-15/h4-5,9-10,12-13,15,24H,2-3,6-8H2,1H3,(H2,21,22,23). The van der Waals surface area contributed by atoms with Crippen LogP contribution in [0.25, 0.3) is 11.1 Å². The molecular weight excluding hydrogens is 384 g/mol. The van der Waals surface area contributed by atoms with Gasteiger partial charge >= 0.3 is 0 Å². The average molecular weight is 407 g/mol. The molecule has 0 radical (unpaired) electrons. The molecule has 0 aliphatic heterocycles. The smallest absolute Gasteiger partial charge is 0.242 e. The molecule has 144 valence electrons. The van der Waals surface area contributed by atoms with E-state index in [1.165, 1.54) is 19.3 Å². The number of hydrogen-bond acceptors (Lipinski definition) is 5. The lowest BCUT2D eigenvalue weighted by Crippen LogP contribution is -2.39. The van der Waals surface area contributed by atoms with Gasteiger partial charge in [0.05, 0.1) is 10.7 Å². The third-order valence-corrected chi connectivity index (χ3v) is 7.74. The van der Waals surface area contributed by atoms with Crippen molar-refractivity contribution in [3.05, 3.63) is 35.1 Å². The van der Waals surface area contributed by atoms with E-state index in [1.807, 2.05) is 6.92 Å². The predicted molar refractivity (Wildman–Crippen MR) is 106 cm³/mol. The van der Waals surface area contributed by atoms with E-state index in [9.17, 15) is 8.42 Å². The van der Waals surface area contributed by atoms with E-state index in [0.29, 0.717) is 23.1 Å². The minimum atomic E-state index is -3.71. The largest absolute Gasteiger partial charge is 0.368 e. The zero-order chi connectivity index (χ0) is 19.2. The molecule has 2 bridgehead atoms. The molecule has 1 aromatic heterocycles. The zero-order valence-electron chi connectivity index (χ0n) is 15.2. The van der Waals surface area contributed by atoms with Gasteiger partial charge in [-0.05, 0) is 55.7 Å². The molecule has 2 saturated carbocycles. The first-order chi connectivity index (χ1) is 12.8. The van der Waals surface area contributed by atoms with Gasteiger partial charge < -0.3 is 5.73 Å². The maximum atomic E-state index is 13.0. The lowest BCUT2D eigenvalue weighted by molar-refractivity contribution is 0.304. The number of nitrogen functional groups attached to an aromatic ring is 1. The van der Waals surface area contributed by atoms with Crippen LogP contribution in [0.15, 0.2) is 29.3 Å². The van der Waals surface area contributed by atoms with E-state index in [0.717, 1.165) is 18.4 Å². The van der Waals surface area contributed by atoms with Gasteiger partial charge in [-0.3, -0.25) is 0 Å². The second kappa shape index (κ2) is 7.04. The molecule has 2 unspecified atom stereocenters. The number of fused-ring (bicyclic) bond motifs is 2. The van der Waals surface area contributed by atoms with E-state index >= 15 is 0 Å². The fourth-order valence-electron chi connectivity index (χ4n) is 4.53. The third kappa shape index (κ3) is 3.81. The molecule has 0 amide bonds. The molecule has 1 heterocycles. The molecule has 2 atom stereocenters. The lowest BCUT2D eigenvalue weighted by Gasteiger charge is -2.28. The molecule has 2 aromatic rings. The third-order valence-electron chi connectivity index (χ3n) is 5.74. The summed E-state index contributed by atoms with van der Waals surface area (Å²) in [5.74, 6) is 1.48. The van der Waals surface area contributed by atoms with Gasteiger partial charge in [0.25, 0.3) is 0 Å². The summed E-state index contributed by atoms with van der Waals surface area (Å²) < 4.78 is 29.0. The molecule has 2 aliphatic carbocycles. The topological polar surface area (TPSA) is 98.0 Å². The van der Waals surface area contributed by atoms with Crippen LogP contribution in [0.4, 0.5) is 5.95 Å². The van der Waals surface area contributed by atoms with Crippen molar-refractivity contribution < 1.29 is 8.42 Å². The van der Waals surface area contributed by atoms with Gasteiger partial charge in [-0.25, -0.2) is 23.1 Å². The van der Waals surface area contributed by atoms with Gasteiger partial charge in [-0.1, -0.05) is 30.5 Å². The van der Waals surface area contributed by atoms with Gasteiger partial charge in [-0.15, -0.1) is 0 Å². The molecule has 2 aliphatic rings. The number of benzene rings is 1. The van der Waals surface area contributed by atoms with Gasteiger partial charge in [0, 0.05) is 17.8 Å². The van der Waals surface area contributed by atoms with Crippen LogP contribution in [0.5, 0.6) is 0 Å². The Kier molecular flexibility index (Phi) is 4.86. The number of hydrogen-bond donors (Lipinski definition) is 2. The molecule has 4 rings (SSSR count). The second-order valence-electron chi connectivity index (χ2n) is 7.71. The van der Waals surface area contributed by atoms with Crippen LogP contribution in [0.3, 0.4) is 0 Å². The molecule has 27 heavy (non-hydrogen) atoms. The van der Waals surface area contributed by atoms with Crippen molar-refractivity contribution in [3.63, 3.8) is 0 Å². The van der Waals surface area contributed by atoms with Crippen LogP contribution < -0.4 is 10.5 Å². The van der Waals surface area contributed by atoms with Gasteiger partial charge in [-0.2, -0.15) is 0 Å². The van der Waals surface area contributed by atoms with Crippen molar-refractivity contribution in [2.75, 3.05) is 5.73 Å². The van der Waals surface area contributed by atoms with E-state index in [2.05, 4.69) is 14.7 Å². The Morgan fingerprint density at radius 2 is 1.89 bits per heavy atom.